The van der Waals surface area contributed by atoms with Crippen LogP contribution in [0.3, 0.4) is 0 Å². The summed E-state index contributed by atoms with van der Waals surface area (Å²) in [4.78, 5) is 35.8. The summed E-state index contributed by atoms with van der Waals surface area (Å²) in [6, 6.07) is 5.13. The maximum Gasteiger partial charge on any atom is 0.244 e. The molecular weight excluding hydrogens is 486 g/mol. The molecule has 8 nitrogen and oxygen atoms in total. The number of ether oxygens (including phenoxy) is 1. The summed E-state index contributed by atoms with van der Waals surface area (Å²) in [5.74, 6) is 1.85. The number of hydrogen-bond donors (Lipinski definition) is 3. The normalized spacial score (nSPS) is 21.3. The molecule has 4 heterocycles. The number of carbonyl (C=O) groups excluding carboxylic acids is 2. The summed E-state index contributed by atoms with van der Waals surface area (Å²) in [6.45, 7) is 4.78. The van der Waals surface area contributed by atoms with E-state index in [9.17, 15) is 9.59 Å². The molecule has 5 rings (SSSR count). The van der Waals surface area contributed by atoms with Crippen molar-refractivity contribution in [2.45, 2.75) is 44.4 Å². The van der Waals surface area contributed by atoms with Gasteiger partial charge in [0.25, 0.3) is 0 Å². The van der Waals surface area contributed by atoms with E-state index in [0.717, 1.165) is 46.2 Å². The Kier molecular flexibility index (Phi) is 6.94. The molecule has 0 saturated carbocycles. The standard InChI is InChI=1S/C25H30ClN5O3S/c1-25(2)14-31(12-22(32)28-16-4-7-35-8-5-16)21(13-34-25)24(33)30-19-10-15(26)9-18-17-3-6-27-11-20(17)29-23(18)19/h3,6,9-11,16,21,29H,4-5,7-8,12-14H2,1-2H3,(H,28,32)(H,30,33)/t21-/m0/s1. The molecule has 3 N–H and O–H groups in total. The fraction of sp³-hybridized carbons (Fsp3) is 0.480. The third-order valence-electron chi connectivity index (χ3n) is 6.62. The minimum absolute atomic E-state index is 0.0503. The van der Waals surface area contributed by atoms with Crippen LogP contribution in [0.4, 0.5) is 5.69 Å². The van der Waals surface area contributed by atoms with Crippen molar-refractivity contribution in [3.8, 4) is 0 Å². The maximum atomic E-state index is 13.5. The van der Waals surface area contributed by atoms with Crippen molar-refractivity contribution in [1.29, 1.82) is 0 Å². The summed E-state index contributed by atoms with van der Waals surface area (Å²) in [7, 11) is 0. The zero-order valence-electron chi connectivity index (χ0n) is 19.9. The number of H-pyrrole nitrogens is 1. The van der Waals surface area contributed by atoms with Gasteiger partial charge in [-0.05, 0) is 56.4 Å². The van der Waals surface area contributed by atoms with Crippen LogP contribution in [0.5, 0.6) is 0 Å². The number of nitrogens with zero attached hydrogens (tertiary/aromatic N) is 2. The number of aromatic amines is 1. The second-order valence-electron chi connectivity index (χ2n) is 9.86. The minimum Gasteiger partial charge on any atom is -0.372 e. The molecule has 2 amide bonds. The lowest BCUT2D eigenvalue weighted by Crippen LogP contribution is -2.60. The molecule has 0 radical (unpaired) electrons. The fourth-order valence-electron chi connectivity index (χ4n) is 4.89. The van der Waals surface area contributed by atoms with Gasteiger partial charge < -0.3 is 20.4 Å². The number of benzene rings is 1. The van der Waals surface area contributed by atoms with Gasteiger partial charge in [-0.2, -0.15) is 11.8 Å². The van der Waals surface area contributed by atoms with Crippen LogP contribution >= 0.6 is 23.4 Å². The summed E-state index contributed by atoms with van der Waals surface area (Å²) in [5.41, 5.74) is 1.78. The molecule has 1 atom stereocenters. The van der Waals surface area contributed by atoms with Gasteiger partial charge in [0.2, 0.25) is 11.8 Å². The Morgan fingerprint density at radius 1 is 1.29 bits per heavy atom. The van der Waals surface area contributed by atoms with Crippen molar-refractivity contribution < 1.29 is 14.3 Å². The molecule has 2 saturated heterocycles. The average molecular weight is 516 g/mol. The molecule has 2 aromatic heterocycles. The third-order valence-corrected chi connectivity index (χ3v) is 7.89. The zero-order valence-corrected chi connectivity index (χ0v) is 21.5. The van der Waals surface area contributed by atoms with Gasteiger partial charge >= 0.3 is 0 Å². The highest BCUT2D eigenvalue weighted by atomic mass is 35.5. The van der Waals surface area contributed by atoms with E-state index in [-0.39, 0.29) is 31.0 Å². The summed E-state index contributed by atoms with van der Waals surface area (Å²) >= 11 is 8.33. The first-order chi connectivity index (χ1) is 16.8. The van der Waals surface area contributed by atoms with Gasteiger partial charge in [0.05, 0.1) is 41.7 Å². The van der Waals surface area contributed by atoms with Crippen molar-refractivity contribution >= 4 is 62.7 Å². The van der Waals surface area contributed by atoms with Crippen LogP contribution in [0.25, 0.3) is 21.8 Å². The van der Waals surface area contributed by atoms with Crippen molar-refractivity contribution in [2.75, 3.05) is 36.5 Å². The van der Waals surface area contributed by atoms with Gasteiger partial charge in [0.15, 0.2) is 0 Å². The number of morpholine rings is 1. The molecule has 0 aliphatic carbocycles. The lowest BCUT2D eigenvalue weighted by atomic mass is 10.0. The van der Waals surface area contributed by atoms with Crippen LogP contribution in [-0.4, -0.2) is 75.6 Å². The molecule has 2 fully saturated rings. The Labute approximate surface area is 213 Å². The lowest BCUT2D eigenvalue weighted by Gasteiger charge is -2.42. The number of pyridine rings is 1. The van der Waals surface area contributed by atoms with Gasteiger partial charge in [-0.3, -0.25) is 19.5 Å². The third kappa shape index (κ3) is 5.43. The van der Waals surface area contributed by atoms with E-state index >= 15 is 0 Å². The van der Waals surface area contributed by atoms with E-state index in [0.29, 0.717) is 17.3 Å². The molecule has 10 heteroatoms. The SMILES string of the molecule is CC1(C)CN(CC(=O)NC2CCSCC2)[C@H](C(=O)Nc2cc(Cl)cc3c2[nH]c2cnccc23)CO1. The van der Waals surface area contributed by atoms with E-state index in [2.05, 4.69) is 20.6 Å². The van der Waals surface area contributed by atoms with Crippen molar-refractivity contribution in [1.82, 2.24) is 20.2 Å². The first-order valence-electron chi connectivity index (χ1n) is 11.9. The van der Waals surface area contributed by atoms with Crippen LogP contribution in [0.15, 0.2) is 30.6 Å². The van der Waals surface area contributed by atoms with Crippen molar-refractivity contribution in [3.63, 3.8) is 0 Å². The van der Waals surface area contributed by atoms with E-state index in [1.165, 1.54) is 0 Å². The van der Waals surface area contributed by atoms with Crippen molar-refractivity contribution in [2.24, 2.45) is 0 Å². The van der Waals surface area contributed by atoms with Crippen molar-refractivity contribution in [3.05, 3.63) is 35.6 Å². The number of anilines is 1. The van der Waals surface area contributed by atoms with Crippen LogP contribution in [-0.2, 0) is 14.3 Å². The number of rotatable bonds is 5. The Morgan fingerprint density at radius 2 is 2.09 bits per heavy atom. The first kappa shape index (κ1) is 24.4. The van der Waals surface area contributed by atoms with Gasteiger partial charge in [0.1, 0.15) is 6.04 Å². The summed E-state index contributed by atoms with van der Waals surface area (Å²) < 4.78 is 5.98. The molecule has 1 aromatic carbocycles. The Morgan fingerprint density at radius 3 is 2.89 bits per heavy atom. The Balaban J connectivity index is 1.36. The van der Waals surface area contributed by atoms with Crippen LogP contribution in [0.2, 0.25) is 5.02 Å². The molecule has 0 bridgehead atoms. The van der Waals surface area contributed by atoms with Gasteiger partial charge in [-0.25, -0.2) is 0 Å². The topological polar surface area (TPSA) is 99.4 Å². The number of aromatic nitrogens is 2. The van der Waals surface area contributed by atoms with E-state index in [4.69, 9.17) is 16.3 Å². The highest BCUT2D eigenvalue weighted by Gasteiger charge is 2.39. The molecule has 0 unspecified atom stereocenters. The number of hydrogen-bond acceptors (Lipinski definition) is 6. The summed E-state index contributed by atoms with van der Waals surface area (Å²) in [5, 5.41) is 8.61. The smallest absolute Gasteiger partial charge is 0.244 e. The zero-order chi connectivity index (χ0) is 24.6. The van der Waals surface area contributed by atoms with Gasteiger partial charge in [-0.1, -0.05) is 11.6 Å². The maximum absolute atomic E-state index is 13.5. The average Bonchev–Trinajstić information content (AvgIpc) is 3.18. The largest absolute Gasteiger partial charge is 0.372 e. The molecule has 3 aromatic rings. The Bertz CT molecular complexity index is 1260. The molecule has 2 aliphatic heterocycles. The molecule has 35 heavy (non-hydrogen) atoms. The van der Waals surface area contributed by atoms with Crippen LogP contribution in [0, 0.1) is 0 Å². The minimum atomic E-state index is -0.601. The molecule has 186 valence electrons. The van der Waals surface area contributed by atoms with Gasteiger partial charge in [0, 0.05) is 34.6 Å². The van der Waals surface area contributed by atoms with E-state index < -0.39 is 11.6 Å². The monoisotopic (exact) mass is 515 g/mol. The number of amides is 2. The predicted octanol–water partition coefficient (Wildman–Crippen LogP) is 3.80. The predicted molar refractivity (Wildman–Crippen MR) is 141 cm³/mol. The highest BCUT2D eigenvalue weighted by molar-refractivity contribution is 7.99. The second kappa shape index (κ2) is 9.97. The fourth-order valence-corrected chi connectivity index (χ4v) is 6.22. The van der Waals surface area contributed by atoms with E-state index in [1.54, 1.807) is 18.5 Å². The quantitative estimate of drug-likeness (QED) is 0.478. The molecular formula is C25H30ClN5O3S. The molecule has 2 aliphatic rings. The van der Waals surface area contributed by atoms with Crippen LogP contribution in [0.1, 0.15) is 26.7 Å². The number of thioether (sulfide) groups is 1. The van der Waals surface area contributed by atoms with Gasteiger partial charge in [-0.15, -0.1) is 0 Å². The molecule has 0 spiro atoms. The lowest BCUT2D eigenvalue weighted by molar-refractivity contribution is -0.147. The summed E-state index contributed by atoms with van der Waals surface area (Å²) in [6.07, 6.45) is 5.45. The first-order valence-corrected chi connectivity index (χ1v) is 13.4. The number of nitrogens with one attached hydrogen (secondary N) is 3. The van der Waals surface area contributed by atoms with E-state index in [1.807, 2.05) is 42.6 Å². The Hall–Kier alpha value is -2.33. The highest BCUT2D eigenvalue weighted by Crippen LogP contribution is 2.33. The number of fused-ring (bicyclic) bond motifs is 3. The second-order valence-corrected chi connectivity index (χ2v) is 11.5. The number of carbonyl (C=O) groups is 2. The van der Waals surface area contributed by atoms with Crippen LogP contribution < -0.4 is 10.6 Å². The number of halogens is 1.